The third-order valence-corrected chi connectivity index (χ3v) is 3.15. The Labute approximate surface area is 91.2 Å². The van der Waals surface area contributed by atoms with Crippen molar-refractivity contribution >= 4 is 5.91 Å². The highest BCUT2D eigenvalue weighted by molar-refractivity contribution is 5.76. The number of aliphatic hydroxyl groups excluding tert-OH is 1. The standard InChI is InChI=1S/C11H22N2O2/c1-2-9(12)6-11(15)13-7-8-4-3-5-10(8)14/h8-10,14H,2-7,12H2,1H3,(H,13,15). The van der Waals surface area contributed by atoms with Gasteiger partial charge in [-0.25, -0.2) is 0 Å². The summed E-state index contributed by atoms with van der Waals surface area (Å²) in [7, 11) is 0. The van der Waals surface area contributed by atoms with Crippen LogP contribution in [0.4, 0.5) is 0 Å². The van der Waals surface area contributed by atoms with Crippen molar-refractivity contribution in [2.45, 2.75) is 51.2 Å². The smallest absolute Gasteiger partial charge is 0.221 e. The van der Waals surface area contributed by atoms with Gasteiger partial charge in [0.15, 0.2) is 0 Å². The lowest BCUT2D eigenvalue weighted by atomic mass is 10.1. The van der Waals surface area contributed by atoms with Gasteiger partial charge >= 0.3 is 0 Å². The number of nitrogens with one attached hydrogen (secondary N) is 1. The Hall–Kier alpha value is -0.610. The van der Waals surface area contributed by atoms with Crippen LogP contribution in [0.15, 0.2) is 0 Å². The number of rotatable bonds is 5. The molecule has 4 nitrogen and oxygen atoms in total. The molecule has 15 heavy (non-hydrogen) atoms. The van der Waals surface area contributed by atoms with Gasteiger partial charge in [0, 0.05) is 24.9 Å². The zero-order valence-corrected chi connectivity index (χ0v) is 9.41. The fourth-order valence-electron chi connectivity index (χ4n) is 1.95. The Kier molecular flexibility index (Phi) is 5.05. The summed E-state index contributed by atoms with van der Waals surface area (Å²) in [5.41, 5.74) is 5.67. The van der Waals surface area contributed by atoms with Crippen molar-refractivity contribution in [3.8, 4) is 0 Å². The normalized spacial score (nSPS) is 27.7. The van der Waals surface area contributed by atoms with Crippen LogP contribution in [0.25, 0.3) is 0 Å². The Morgan fingerprint density at radius 3 is 2.87 bits per heavy atom. The van der Waals surface area contributed by atoms with Gasteiger partial charge in [0.1, 0.15) is 0 Å². The molecule has 1 aliphatic rings. The summed E-state index contributed by atoms with van der Waals surface area (Å²) in [5.74, 6) is 0.246. The Morgan fingerprint density at radius 1 is 1.60 bits per heavy atom. The average molecular weight is 214 g/mol. The number of carbonyl (C=O) groups is 1. The van der Waals surface area contributed by atoms with E-state index in [9.17, 15) is 9.90 Å². The minimum atomic E-state index is -0.231. The highest BCUT2D eigenvalue weighted by Gasteiger charge is 2.25. The van der Waals surface area contributed by atoms with Gasteiger partial charge < -0.3 is 16.2 Å². The first-order chi connectivity index (χ1) is 7.13. The Morgan fingerprint density at radius 2 is 2.33 bits per heavy atom. The molecule has 0 heterocycles. The first-order valence-corrected chi connectivity index (χ1v) is 5.83. The van der Waals surface area contributed by atoms with E-state index in [1.54, 1.807) is 0 Å². The van der Waals surface area contributed by atoms with Crippen LogP contribution in [0.3, 0.4) is 0 Å². The molecule has 0 aromatic carbocycles. The van der Waals surface area contributed by atoms with E-state index in [0.717, 1.165) is 25.7 Å². The van der Waals surface area contributed by atoms with E-state index < -0.39 is 0 Å². The summed E-state index contributed by atoms with van der Waals surface area (Å²) >= 11 is 0. The van der Waals surface area contributed by atoms with E-state index in [1.165, 1.54) is 0 Å². The Balaban J connectivity index is 2.16. The van der Waals surface area contributed by atoms with E-state index in [2.05, 4.69) is 5.32 Å². The average Bonchev–Trinajstić information content (AvgIpc) is 2.61. The summed E-state index contributed by atoms with van der Waals surface area (Å²) in [4.78, 5) is 11.4. The fourth-order valence-corrected chi connectivity index (χ4v) is 1.95. The predicted molar refractivity (Wildman–Crippen MR) is 59.2 cm³/mol. The lowest BCUT2D eigenvalue weighted by Gasteiger charge is -2.16. The van der Waals surface area contributed by atoms with Gasteiger partial charge in [0.05, 0.1) is 6.10 Å². The number of carbonyl (C=O) groups excluding carboxylic acids is 1. The van der Waals surface area contributed by atoms with E-state index >= 15 is 0 Å². The lowest BCUT2D eigenvalue weighted by Crippen LogP contribution is -2.35. The van der Waals surface area contributed by atoms with Crippen LogP contribution in [0.2, 0.25) is 0 Å². The third kappa shape index (κ3) is 4.18. The molecule has 1 amide bonds. The predicted octanol–water partition coefficient (Wildman–Crippen LogP) is 0.391. The van der Waals surface area contributed by atoms with Crippen LogP contribution in [0.5, 0.6) is 0 Å². The van der Waals surface area contributed by atoms with Crippen molar-refractivity contribution < 1.29 is 9.90 Å². The van der Waals surface area contributed by atoms with Crippen LogP contribution in [0, 0.1) is 5.92 Å². The van der Waals surface area contributed by atoms with Gasteiger partial charge in [-0.2, -0.15) is 0 Å². The zero-order chi connectivity index (χ0) is 11.3. The minimum Gasteiger partial charge on any atom is -0.393 e. The number of amides is 1. The van der Waals surface area contributed by atoms with E-state index in [0.29, 0.717) is 13.0 Å². The van der Waals surface area contributed by atoms with Crippen molar-refractivity contribution in [1.82, 2.24) is 5.32 Å². The second-order valence-electron chi connectivity index (χ2n) is 4.43. The Bertz CT molecular complexity index is 209. The molecule has 0 aromatic rings. The van der Waals surface area contributed by atoms with Crippen LogP contribution < -0.4 is 11.1 Å². The summed E-state index contributed by atoms with van der Waals surface area (Å²) in [6.07, 6.45) is 3.93. The molecular formula is C11H22N2O2. The molecule has 4 N–H and O–H groups in total. The summed E-state index contributed by atoms with van der Waals surface area (Å²) in [6, 6.07) is -0.0431. The van der Waals surface area contributed by atoms with Crippen molar-refractivity contribution in [3.05, 3.63) is 0 Å². The number of hydrogen-bond acceptors (Lipinski definition) is 3. The minimum absolute atomic E-state index is 0.00319. The molecule has 0 bridgehead atoms. The quantitative estimate of drug-likeness (QED) is 0.619. The highest BCUT2D eigenvalue weighted by Crippen LogP contribution is 2.24. The molecule has 0 aromatic heterocycles. The highest BCUT2D eigenvalue weighted by atomic mass is 16.3. The van der Waals surface area contributed by atoms with Gasteiger partial charge in [-0.3, -0.25) is 4.79 Å². The second-order valence-corrected chi connectivity index (χ2v) is 4.43. The lowest BCUT2D eigenvalue weighted by molar-refractivity contribution is -0.121. The second kappa shape index (κ2) is 6.08. The van der Waals surface area contributed by atoms with Gasteiger partial charge in [-0.1, -0.05) is 13.3 Å². The number of nitrogens with two attached hydrogens (primary N) is 1. The van der Waals surface area contributed by atoms with Crippen LogP contribution in [0.1, 0.15) is 39.0 Å². The molecule has 88 valence electrons. The van der Waals surface area contributed by atoms with Crippen molar-refractivity contribution in [2.75, 3.05) is 6.54 Å². The number of aliphatic hydroxyl groups is 1. The molecule has 4 heteroatoms. The molecule has 1 fully saturated rings. The maximum atomic E-state index is 11.4. The summed E-state index contributed by atoms with van der Waals surface area (Å²) < 4.78 is 0. The molecular weight excluding hydrogens is 192 g/mol. The van der Waals surface area contributed by atoms with Crippen molar-refractivity contribution in [2.24, 2.45) is 11.7 Å². The molecule has 0 aliphatic heterocycles. The molecule has 1 rings (SSSR count). The summed E-state index contributed by atoms with van der Waals surface area (Å²) in [6.45, 7) is 2.56. The molecule has 0 saturated heterocycles. The molecule has 1 aliphatic carbocycles. The molecule has 3 unspecified atom stereocenters. The van der Waals surface area contributed by atoms with Gasteiger partial charge in [-0.05, 0) is 19.3 Å². The largest absolute Gasteiger partial charge is 0.393 e. The number of hydrogen-bond donors (Lipinski definition) is 3. The molecule has 0 spiro atoms. The van der Waals surface area contributed by atoms with E-state index in [4.69, 9.17) is 5.73 Å². The first-order valence-electron chi connectivity index (χ1n) is 5.83. The van der Waals surface area contributed by atoms with Crippen LogP contribution in [-0.2, 0) is 4.79 Å². The maximum Gasteiger partial charge on any atom is 0.221 e. The third-order valence-electron chi connectivity index (χ3n) is 3.15. The topological polar surface area (TPSA) is 75.4 Å². The van der Waals surface area contributed by atoms with Crippen LogP contribution >= 0.6 is 0 Å². The van der Waals surface area contributed by atoms with Gasteiger partial charge in [0.25, 0.3) is 0 Å². The molecule has 0 radical (unpaired) electrons. The van der Waals surface area contributed by atoms with Gasteiger partial charge in [-0.15, -0.1) is 0 Å². The summed E-state index contributed by atoms with van der Waals surface area (Å²) in [5, 5.41) is 12.4. The SMILES string of the molecule is CCC(N)CC(=O)NCC1CCCC1O. The van der Waals surface area contributed by atoms with Crippen molar-refractivity contribution in [1.29, 1.82) is 0 Å². The monoisotopic (exact) mass is 214 g/mol. The first kappa shape index (κ1) is 12.5. The molecule has 3 atom stereocenters. The maximum absolute atomic E-state index is 11.4. The van der Waals surface area contributed by atoms with Crippen LogP contribution in [-0.4, -0.2) is 29.7 Å². The molecule has 1 saturated carbocycles. The van der Waals surface area contributed by atoms with E-state index in [-0.39, 0.29) is 24.0 Å². The van der Waals surface area contributed by atoms with Crippen molar-refractivity contribution in [3.63, 3.8) is 0 Å². The van der Waals surface area contributed by atoms with Gasteiger partial charge in [0.2, 0.25) is 5.91 Å². The zero-order valence-electron chi connectivity index (χ0n) is 9.41. The van der Waals surface area contributed by atoms with E-state index in [1.807, 2.05) is 6.92 Å². The fraction of sp³-hybridized carbons (Fsp3) is 0.909.